The van der Waals surface area contributed by atoms with Crippen molar-refractivity contribution in [3.05, 3.63) is 89.7 Å². The number of nitrogens with zero attached hydrogens (tertiary/aromatic N) is 1. The minimum Gasteiger partial charge on any atom is -0.506 e. The van der Waals surface area contributed by atoms with Crippen molar-refractivity contribution in [1.82, 2.24) is 4.90 Å². The summed E-state index contributed by atoms with van der Waals surface area (Å²) in [6.07, 6.45) is -0.747. The van der Waals surface area contributed by atoms with Gasteiger partial charge in [-0.05, 0) is 35.4 Å². The van der Waals surface area contributed by atoms with Crippen LogP contribution in [0.4, 0.5) is 10.1 Å². The van der Waals surface area contributed by atoms with Crippen LogP contribution >= 0.6 is 0 Å². The number of halogens is 1. The molecular weight excluding hydrogens is 371 g/mol. The van der Waals surface area contributed by atoms with Crippen molar-refractivity contribution < 1.29 is 19.3 Å². The van der Waals surface area contributed by atoms with Crippen molar-refractivity contribution in [3.63, 3.8) is 0 Å². The van der Waals surface area contributed by atoms with Gasteiger partial charge in [0.25, 0.3) is 0 Å². The van der Waals surface area contributed by atoms with Gasteiger partial charge in [-0.15, -0.1) is 0 Å². The predicted molar refractivity (Wildman–Crippen MR) is 111 cm³/mol. The maximum absolute atomic E-state index is 13.1. The first-order chi connectivity index (χ1) is 14.0. The van der Waals surface area contributed by atoms with Gasteiger partial charge < -0.3 is 20.7 Å². The molecule has 0 fully saturated rings. The molecule has 29 heavy (non-hydrogen) atoms. The Labute approximate surface area is 169 Å². The minimum absolute atomic E-state index is 0.0190. The van der Waals surface area contributed by atoms with Gasteiger partial charge in [0, 0.05) is 25.7 Å². The van der Waals surface area contributed by atoms with Gasteiger partial charge in [-0.2, -0.15) is 0 Å². The van der Waals surface area contributed by atoms with Gasteiger partial charge in [-0.25, -0.2) is 4.39 Å². The highest BCUT2D eigenvalue weighted by Crippen LogP contribution is 2.25. The standard InChI is InChI=1S/C23H25FN2O3/c24-19-8-6-18(7-9-19)23(28)16-26(15-17-4-2-1-3-5-17)12-13-29-20-10-11-22(27)21(25)14-20/h1-11,14,23,27-28H,12-13,15-16,25H2. The molecule has 0 spiro atoms. The Morgan fingerprint density at radius 1 is 1.00 bits per heavy atom. The molecule has 6 heteroatoms. The molecule has 0 bridgehead atoms. The van der Waals surface area contributed by atoms with Crippen LogP contribution in [-0.4, -0.2) is 34.8 Å². The molecule has 5 nitrogen and oxygen atoms in total. The fourth-order valence-electron chi connectivity index (χ4n) is 3.03. The third-order valence-electron chi connectivity index (χ3n) is 4.61. The molecule has 1 atom stereocenters. The highest BCUT2D eigenvalue weighted by Gasteiger charge is 2.15. The lowest BCUT2D eigenvalue weighted by molar-refractivity contribution is 0.0985. The fraction of sp³-hybridized carbons (Fsp3) is 0.217. The smallest absolute Gasteiger partial charge is 0.138 e. The Morgan fingerprint density at radius 2 is 1.72 bits per heavy atom. The van der Waals surface area contributed by atoms with Gasteiger partial charge in [0.05, 0.1) is 11.8 Å². The molecule has 0 heterocycles. The topological polar surface area (TPSA) is 79.0 Å². The highest BCUT2D eigenvalue weighted by atomic mass is 19.1. The summed E-state index contributed by atoms with van der Waals surface area (Å²) < 4.78 is 18.9. The van der Waals surface area contributed by atoms with E-state index in [0.717, 1.165) is 5.56 Å². The number of aliphatic hydroxyl groups is 1. The van der Waals surface area contributed by atoms with E-state index in [1.807, 2.05) is 30.3 Å². The normalized spacial score (nSPS) is 12.1. The number of benzene rings is 3. The van der Waals surface area contributed by atoms with E-state index in [-0.39, 0.29) is 17.3 Å². The summed E-state index contributed by atoms with van der Waals surface area (Å²) in [4.78, 5) is 2.08. The lowest BCUT2D eigenvalue weighted by Gasteiger charge is -2.25. The highest BCUT2D eigenvalue weighted by molar-refractivity contribution is 5.55. The van der Waals surface area contributed by atoms with Gasteiger partial charge in [-0.1, -0.05) is 42.5 Å². The molecule has 3 rings (SSSR count). The minimum atomic E-state index is -0.747. The molecular formula is C23H25FN2O3. The largest absolute Gasteiger partial charge is 0.506 e. The first-order valence-electron chi connectivity index (χ1n) is 9.42. The van der Waals surface area contributed by atoms with Crippen LogP contribution in [0.2, 0.25) is 0 Å². The molecule has 3 aromatic carbocycles. The average molecular weight is 396 g/mol. The van der Waals surface area contributed by atoms with Crippen LogP contribution in [0.1, 0.15) is 17.2 Å². The molecule has 3 aromatic rings. The third kappa shape index (κ3) is 6.20. The van der Waals surface area contributed by atoms with Crippen LogP contribution in [0.5, 0.6) is 11.5 Å². The van der Waals surface area contributed by atoms with E-state index in [2.05, 4.69) is 4.90 Å². The van der Waals surface area contributed by atoms with Gasteiger partial charge in [-0.3, -0.25) is 4.90 Å². The molecule has 0 radical (unpaired) electrons. The summed E-state index contributed by atoms with van der Waals surface area (Å²) in [7, 11) is 0. The maximum Gasteiger partial charge on any atom is 0.138 e. The van der Waals surface area contributed by atoms with Crippen molar-refractivity contribution >= 4 is 5.69 Å². The van der Waals surface area contributed by atoms with E-state index in [1.165, 1.54) is 18.2 Å². The molecule has 4 N–H and O–H groups in total. The van der Waals surface area contributed by atoms with E-state index >= 15 is 0 Å². The Morgan fingerprint density at radius 3 is 2.41 bits per heavy atom. The van der Waals surface area contributed by atoms with E-state index in [4.69, 9.17) is 10.5 Å². The Balaban J connectivity index is 1.63. The number of hydrogen-bond donors (Lipinski definition) is 3. The van der Waals surface area contributed by atoms with E-state index < -0.39 is 6.10 Å². The molecule has 152 valence electrons. The number of nitrogens with two attached hydrogens (primary N) is 1. The molecule has 0 amide bonds. The summed E-state index contributed by atoms with van der Waals surface area (Å²) >= 11 is 0. The summed E-state index contributed by atoms with van der Waals surface area (Å²) in [5, 5.41) is 20.1. The first-order valence-corrected chi connectivity index (χ1v) is 9.42. The lowest BCUT2D eigenvalue weighted by atomic mass is 10.1. The number of aromatic hydroxyl groups is 1. The van der Waals surface area contributed by atoms with Crippen LogP contribution in [0, 0.1) is 5.82 Å². The molecule has 0 aliphatic rings. The van der Waals surface area contributed by atoms with Gasteiger partial charge in [0.15, 0.2) is 0 Å². The second-order valence-corrected chi connectivity index (χ2v) is 6.86. The maximum atomic E-state index is 13.1. The molecule has 0 aromatic heterocycles. The first kappa shape index (κ1) is 20.6. The van der Waals surface area contributed by atoms with Crippen LogP contribution in [0.25, 0.3) is 0 Å². The van der Waals surface area contributed by atoms with Crippen molar-refractivity contribution in [2.24, 2.45) is 0 Å². The van der Waals surface area contributed by atoms with Crippen LogP contribution in [0.3, 0.4) is 0 Å². The Hall–Kier alpha value is -3.09. The van der Waals surface area contributed by atoms with E-state index in [1.54, 1.807) is 24.3 Å². The summed E-state index contributed by atoms with van der Waals surface area (Å²) in [6, 6.07) is 20.6. The quantitative estimate of drug-likeness (QED) is 0.379. The molecule has 0 saturated heterocycles. The second kappa shape index (κ2) is 9.91. The number of phenolic OH excluding ortho intramolecular Hbond substituents is 1. The monoisotopic (exact) mass is 396 g/mol. The van der Waals surface area contributed by atoms with Crippen LogP contribution in [0.15, 0.2) is 72.8 Å². The fourth-order valence-corrected chi connectivity index (χ4v) is 3.03. The lowest BCUT2D eigenvalue weighted by Crippen LogP contribution is -2.32. The predicted octanol–water partition coefficient (Wildman–Crippen LogP) is 3.73. The van der Waals surface area contributed by atoms with Crippen LogP contribution < -0.4 is 10.5 Å². The zero-order chi connectivity index (χ0) is 20.6. The third-order valence-corrected chi connectivity index (χ3v) is 4.61. The zero-order valence-electron chi connectivity index (χ0n) is 16.0. The van der Waals surface area contributed by atoms with E-state index in [0.29, 0.717) is 37.6 Å². The Kier molecular flexibility index (Phi) is 7.05. The van der Waals surface area contributed by atoms with Crippen molar-refractivity contribution in [2.45, 2.75) is 12.6 Å². The Bertz CT molecular complexity index is 904. The molecule has 0 aliphatic heterocycles. The zero-order valence-corrected chi connectivity index (χ0v) is 16.0. The molecule has 0 saturated carbocycles. The van der Waals surface area contributed by atoms with Gasteiger partial charge in [0.2, 0.25) is 0 Å². The summed E-state index contributed by atoms with van der Waals surface area (Å²) in [5.41, 5.74) is 7.74. The molecule has 1 unspecified atom stereocenters. The van der Waals surface area contributed by atoms with Crippen LogP contribution in [-0.2, 0) is 6.54 Å². The number of phenols is 1. The number of anilines is 1. The number of rotatable bonds is 9. The number of ether oxygens (including phenoxy) is 1. The number of aliphatic hydroxyl groups excluding tert-OH is 1. The number of nitrogen functional groups attached to an aromatic ring is 1. The second-order valence-electron chi connectivity index (χ2n) is 6.86. The van der Waals surface area contributed by atoms with Crippen molar-refractivity contribution in [3.8, 4) is 11.5 Å². The number of hydrogen-bond acceptors (Lipinski definition) is 5. The van der Waals surface area contributed by atoms with Gasteiger partial charge in [0.1, 0.15) is 23.9 Å². The van der Waals surface area contributed by atoms with Crippen molar-refractivity contribution in [2.75, 3.05) is 25.4 Å². The van der Waals surface area contributed by atoms with Gasteiger partial charge >= 0.3 is 0 Å². The average Bonchev–Trinajstić information content (AvgIpc) is 2.72. The summed E-state index contributed by atoms with van der Waals surface area (Å²) in [6.45, 7) is 1.96. The van der Waals surface area contributed by atoms with Crippen molar-refractivity contribution in [1.29, 1.82) is 0 Å². The summed E-state index contributed by atoms with van der Waals surface area (Å²) in [5.74, 6) is 0.258. The molecule has 0 aliphatic carbocycles. The van der Waals surface area contributed by atoms with E-state index in [9.17, 15) is 14.6 Å². The SMILES string of the molecule is Nc1cc(OCCN(Cc2ccccc2)CC(O)c2ccc(F)cc2)ccc1O.